The summed E-state index contributed by atoms with van der Waals surface area (Å²) in [6, 6.07) is 15.3. The zero-order chi connectivity index (χ0) is 16.9. The Morgan fingerprint density at radius 2 is 1.88 bits per heavy atom. The van der Waals surface area contributed by atoms with E-state index in [1.165, 1.54) is 0 Å². The number of nitrogens with one attached hydrogen (secondary N) is 1. The molecule has 0 bridgehead atoms. The van der Waals surface area contributed by atoms with Crippen LogP contribution in [0.5, 0.6) is 0 Å². The Morgan fingerprint density at radius 1 is 1.08 bits per heavy atom. The normalized spacial score (nSPS) is 10.6. The highest BCUT2D eigenvalue weighted by atomic mass is 79.9. The fraction of sp³-hybridized carbons (Fsp3) is 0.111. The number of benzene rings is 2. The van der Waals surface area contributed by atoms with Gasteiger partial charge in [-0.25, -0.2) is 4.98 Å². The molecule has 0 saturated heterocycles. The molecule has 0 spiro atoms. The Bertz CT molecular complexity index is 844. The number of halogens is 2. The van der Waals surface area contributed by atoms with Gasteiger partial charge in [0, 0.05) is 33.0 Å². The first-order valence-corrected chi connectivity index (χ1v) is 8.95. The minimum absolute atomic E-state index is 0.0699. The van der Waals surface area contributed by atoms with Gasteiger partial charge in [0.1, 0.15) is 0 Å². The van der Waals surface area contributed by atoms with E-state index in [0.717, 1.165) is 20.2 Å². The maximum Gasteiger partial charge on any atom is 0.224 e. The molecule has 1 heterocycles. The molecule has 3 aromatic rings. The lowest BCUT2D eigenvalue weighted by Gasteiger charge is -2.04. The zero-order valence-electron chi connectivity index (χ0n) is 12.6. The van der Waals surface area contributed by atoms with Gasteiger partial charge in [0.25, 0.3) is 0 Å². The van der Waals surface area contributed by atoms with Gasteiger partial charge >= 0.3 is 0 Å². The van der Waals surface area contributed by atoms with Crippen molar-refractivity contribution in [2.45, 2.75) is 12.8 Å². The van der Waals surface area contributed by atoms with Crippen molar-refractivity contribution in [3.05, 3.63) is 69.6 Å². The van der Waals surface area contributed by atoms with E-state index in [0.29, 0.717) is 24.5 Å². The van der Waals surface area contributed by atoms with Gasteiger partial charge in [-0.15, -0.1) is 0 Å². The number of aromatic nitrogens is 1. The molecule has 0 radical (unpaired) electrons. The second kappa shape index (κ2) is 7.77. The highest BCUT2D eigenvalue weighted by Crippen LogP contribution is 2.24. The summed E-state index contributed by atoms with van der Waals surface area (Å²) in [6.45, 7) is 0. The van der Waals surface area contributed by atoms with Gasteiger partial charge in [-0.05, 0) is 36.4 Å². The predicted molar refractivity (Wildman–Crippen MR) is 101 cm³/mol. The molecule has 0 fully saturated rings. The Kier molecular flexibility index (Phi) is 5.48. The number of nitrogens with zero attached hydrogens (tertiary/aromatic N) is 1. The second-order valence-corrected chi connectivity index (χ2v) is 7.02. The van der Waals surface area contributed by atoms with Gasteiger partial charge in [-0.1, -0.05) is 44.0 Å². The van der Waals surface area contributed by atoms with E-state index in [2.05, 4.69) is 42.2 Å². The Labute approximate surface area is 156 Å². The van der Waals surface area contributed by atoms with Crippen LogP contribution in [0.15, 0.2) is 68.1 Å². The first-order valence-electron chi connectivity index (χ1n) is 7.36. The average Bonchev–Trinajstić information content (AvgIpc) is 3.04. The maximum atomic E-state index is 12.0. The van der Waals surface area contributed by atoms with Crippen molar-refractivity contribution in [2.24, 2.45) is 0 Å². The van der Waals surface area contributed by atoms with Gasteiger partial charge < -0.3 is 9.73 Å². The summed E-state index contributed by atoms with van der Waals surface area (Å²) in [4.78, 5) is 16.2. The number of carbonyl (C=O) groups is 1. The zero-order valence-corrected chi connectivity index (χ0v) is 15.8. The van der Waals surface area contributed by atoms with Crippen LogP contribution in [0.3, 0.4) is 0 Å². The first-order chi connectivity index (χ1) is 11.6. The molecule has 6 heteroatoms. The predicted octanol–water partition coefficient (Wildman–Crippen LogP) is 5.44. The van der Waals surface area contributed by atoms with E-state index >= 15 is 0 Å². The number of carbonyl (C=O) groups excluding carboxylic acids is 1. The summed E-state index contributed by atoms with van der Waals surface area (Å²) < 4.78 is 7.67. The highest BCUT2D eigenvalue weighted by molar-refractivity contribution is 9.10. The number of anilines is 1. The van der Waals surface area contributed by atoms with Crippen LogP contribution in [-0.4, -0.2) is 10.9 Å². The molecule has 0 atom stereocenters. The Hall–Kier alpha value is -1.92. The van der Waals surface area contributed by atoms with Crippen molar-refractivity contribution >= 4 is 43.5 Å². The minimum atomic E-state index is -0.0699. The van der Waals surface area contributed by atoms with Crippen molar-refractivity contribution in [2.75, 3.05) is 5.32 Å². The molecule has 1 aromatic heterocycles. The molecule has 122 valence electrons. The van der Waals surface area contributed by atoms with E-state index in [1.807, 2.05) is 48.5 Å². The van der Waals surface area contributed by atoms with Crippen molar-refractivity contribution < 1.29 is 9.21 Å². The van der Waals surface area contributed by atoms with E-state index in [9.17, 15) is 4.79 Å². The number of hydrogen-bond acceptors (Lipinski definition) is 3. The van der Waals surface area contributed by atoms with Crippen molar-refractivity contribution in [3.63, 3.8) is 0 Å². The molecule has 2 aromatic carbocycles. The van der Waals surface area contributed by atoms with E-state index in [-0.39, 0.29) is 5.91 Å². The van der Waals surface area contributed by atoms with Gasteiger partial charge in [0.2, 0.25) is 5.91 Å². The quantitative estimate of drug-likeness (QED) is 0.564. The number of amides is 1. The average molecular weight is 450 g/mol. The molecule has 4 nitrogen and oxygen atoms in total. The summed E-state index contributed by atoms with van der Waals surface area (Å²) in [5.41, 5.74) is 1.72. The van der Waals surface area contributed by atoms with Crippen LogP contribution in [-0.2, 0) is 11.2 Å². The van der Waals surface area contributed by atoms with Crippen molar-refractivity contribution in [1.82, 2.24) is 4.98 Å². The second-order valence-electron chi connectivity index (χ2n) is 5.18. The largest absolute Gasteiger partial charge is 0.441 e. The van der Waals surface area contributed by atoms with Crippen LogP contribution in [0.4, 0.5) is 5.69 Å². The molecule has 24 heavy (non-hydrogen) atoms. The van der Waals surface area contributed by atoms with E-state index < -0.39 is 0 Å². The number of rotatable bonds is 5. The fourth-order valence-electron chi connectivity index (χ4n) is 2.18. The third kappa shape index (κ3) is 4.55. The van der Waals surface area contributed by atoms with Gasteiger partial charge in [-0.2, -0.15) is 0 Å². The molecular weight excluding hydrogens is 436 g/mol. The van der Waals surface area contributed by atoms with Crippen molar-refractivity contribution in [3.8, 4) is 11.3 Å². The topological polar surface area (TPSA) is 55.1 Å². The summed E-state index contributed by atoms with van der Waals surface area (Å²) in [5, 5.41) is 2.85. The van der Waals surface area contributed by atoms with E-state index in [1.54, 1.807) is 6.20 Å². The lowest BCUT2D eigenvalue weighted by Crippen LogP contribution is -2.12. The Morgan fingerprint density at radius 3 is 2.62 bits per heavy atom. The number of oxazole rings is 1. The smallest absolute Gasteiger partial charge is 0.224 e. The molecule has 0 aliphatic carbocycles. The summed E-state index contributed by atoms with van der Waals surface area (Å²) in [7, 11) is 0. The monoisotopic (exact) mass is 448 g/mol. The first kappa shape index (κ1) is 16.9. The van der Waals surface area contributed by atoms with Gasteiger partial charge in [0.05, 0.1) is 6.20 Å². The highest BCUT2D eigenvalue weighted by Gasteiger charge is 2.09. The maximum absolute atomic E-state index is 12.0. The SMILES string of the molecule is O=C(CCc1ncc(-c2cccc(Br)c2)o1)Nc1ccc(Br)cc1. The van der Waals surface area contributed by atoms with Crippen LogP contribution in [0.2, 0.25) is 0 Å². The molecule has 0 aliphatic rings. The molecule has 0 unspecified atom stereocenters. The summed E-state index contributed by atoms with van der Waals surface area (Å²) in [5.74, 6) is 1.18. The van der Waals surface area contributed by atoms with Gasteiger partial charge in [-0.3, -0.25) is 4.79 Å². The van der Waals surface area contributed by atoms with Crippen LogP contribution < -0.4 is 5.32 Å². The fourth-order valence-corrected chi connectivity index (χ4v) is 2.84. The lowest BCUT2D eigenvalue weighted by molar-refractivity contribution is -0.116. The third-order valence-corrected chi connectivity index (χ3v) is 4.38. The van der Waals surface area contributed by atoms with Crippen LogP contribution in [0.1, 0.15) is 12.3 Å². The molecule has 1 N–H and O–H groups in total. The molecule has 0 aliphatic heterocycles. The lowest BCUT2D eigenvalue weighted by atomic mass is 10.2. The Balaban J connectivity index is 1.57. The van der Waals surface area contributed by atoms with Crippen LogP contribution in [0.25, 0.3) is 11.3 Å². The minimum Gasteiger partial charge on any atom is -0.441 e. The third-order valence-electron chi connectivity index (χ3n) is 3.36. The molecule has 0 saturated carbocycles. The van der Waals surface area contributed by atoms with Crippen LogP contribution in [0, 0.1) is 0 Å². The van der Waals surface area contributed by atoms with E-state index in [4.69, 9.17) is 4.42 Å². The van der Waals surface area contributed by atoms with Crippen LogP contribution >= 0.6 is 31.9 Å². The molecular formula is C18H14Br2N2O2. The van der Waals surface area contributed by atoms with Crippen molar-refractivity contribution in [1.29, 1.82) is 0 Å². The number of aryl methyl sites for hydroxylation is 1. The van der Waals surface area contributed by atoms with Gasteiger partial charge in [0.15, 0.2) is 11.7 Å². The molecule has 3 rings (SSSR count). The summed E-state index contributed by atoms with van der Waals surface area (Å²) >= 11 is 6.80. The molecule has 1 amide bonds. The summed E-state index contributed by atoms with van der Waals surface area (Å²) in [6.07, 6.45) is 2.45. The number of hydrogen-bond donors (Lipinski definition) is 1. The standard InChI is InChI=1S/C18H14Br2N2O2/c19-13-4-6-15(7-5-13)22-17(23)8-9-18-21-11-16(24-18)12-2-1-3-14(20)10-12/h1-7,10-11H,8-9H2,(H,22,23).